The number of carbonyl (C=O) groups excluding carboxylic acids is 2. The van der Waals surface area contributed by atoms with Crippen LogP contribution in [0, 0.1) is 12.7 Å². The Kier molecular flexibility index (Phi) is 7.46. The van der Waals surface area contributed by atoms with E-state index in [2.05, 4.69) is 22.3 Å². The number of nitrogens with one attached hydrogen (secondary N) is 1. The number of rotatable bonds is 7. The molecule has 4 aromatic carbocycles. The number of fused-ring (bicyclic) bond motifs is 1. The van der Waals surface area contributed by atoms with E-state index < -0.39 is 5.91 Å². The molecule has 4 aromatic rings. The highest BCUT2D eigenvalue weighted by Crippen LogP contribution is 2.31. The Morgan fingerprint density at radius 2 is 1.82 bits per heavy atom. The molecule has 6 heteroatoms. The molecule has 2 amide bonds. The van der Waals surface area contributed by atoms with Gasteiger partial charge in [-0.25, -0.2) is 4.39 Å². The van der Waals surface area contributed by atoms with Gasteiger partial charge in [0.05, 0.1) is 6.04 Å². The van der Waals surface area contributed by atoms with Crippen LogP contribution in [-0.2, 0) is 13.0 Å². The SMILES string of the molecule is Cc1ccc([C@H](C)NC(=O)c2ccc3c(c2)CCCN3Cc2cccc(-c3ccccc3C(N)=O)c2)cc1F. The molecule has 1 heterocycles. The molecule has 1 aliphatic heterocycles. The molecular weight excluding hydrogens is 489 g/mol. The molecule has 0 aromatic heterocycles. The van der Waals surface area contributed by atoms with E-state index in [1.807, 2.05) is 61.5 Å². The summed E-state index contributed by atoms with van der Waals surface area (Å²) < 4.78 is 14.0. The van der Waals surface area contributed by atoms with E-state index in [1.165, 1.54) is 6.07 Å². The second kappa shape index (κ2) is 11.1. The number of hydrogen-bond donors (Lipinski definition) is 2. The number of anilines is 1. The fourth-order valence-corrected chi connectivity index (χ4v) is 5.23. The van der Waals surface area contributed by atoms with E-state index in [4.69, 9.17) is 5.73 Å². The summed E-state index contributed by atoms with van der Waals surface area (Å²) in [7, 11) is 0. The molecule has 1 aliphatic rings. The van der Waals surface area contributed by atoms with Crippen molar-refractivity contribution in [3.8, 4) is 11.1 Å². The van der Waals surface area contributed by atoms with Crippen LogP contribution in [0.2, 0.25) is 0 Å². The summed E-state index contributed by atoms with van der Waals surface area (Å²) in [6.45, 7) is 5.20. The average molecular weight is 522 g/mol. The fraction of sp³-hybridized carbons (Fsp3) is 0.212. The molecule has 39 heavy (non-hydrogen) atoms. The Morgan fingerprint density at radius 1 is 1.00 bits per heavy atom. The number of primary amides is 1. The largest absolute Gasteiger partial charge is 0.367 e. The first kappa shape index (κ1) is 26.2. The smallest absolute Gasteiger partial charge is 0.251 e. The number of benzene rings is 4. The standard InChI is InChI=1S/C33H32FN3O2/c1-21-12-13-24(19-30(21)34)22(2)36-33(39)27-14-15-31-26(18-27)9-6-16-37(31)20-23-7-5-8-25(17-23)28-10-3-4-11-29(28)32(35)38/h3-5,7-8,10-15,17-19,22H,6,9,16,20H2,1-2H3,(H2,35,38)(H,36,39)/t22-/m0/s1. The van der Waals surface area contributed by atoms with Gasteiger partial charge in [0.15, 0.2) is 0 Å². The molecule has 0 aliphatic carbocycles. The van der Waals surface area contributed by atoms with Gasteiger partial charge in [-0.2, -0.15) is 0 Å². The van der Waals surface area contributed by atoms with Crippen LogP contribution in [0.15, 0.2) is 84.9 Å². The number of aryl methyl sites for hydroxylation is 2. The fourth-order valence-electron chi connectivity index (χ4n) is 5.23. The van der Waals surface area contributed by atoms with Crippen molar-refractivity contribution in [1.82, 2.24) is 5.32 Å². The third-order valence-electron chi connectivity index (χ3n) is 7.40. The van der Waals surface area contributed by atoms with Crippen LogP contribution >= 0.6 is 0 Å². The van der Waals surface area contributed by atoms with Gasteiger partial charge in [0, 0.05) is 29.9 Å². The van der Waals surface area contributed by atoms with Crippen LogP contribution in [0.25, 0.3) is 11.1 Å². The average Bonchev–Trinajstić information content (AvgIpc) is 2.94. The second-order valence-corrected chi connectivity index (χ2v) is 10.2. The Hall–Kier alpha value is -4.45. The van der Waals surface area contributed by atoms with Crippen LogP contribution in [0.5, 0.6) is 0 Å². The topological polar surface area (TPSA) is 75.4 Å². The van der Waals surface area contributed by atoms with Crippen molar-refractivity contribution < 1.29 is 14.0 Å². The molecule has 0 radical (unpaired) electrons. The first-order valence-electron chi connectivity index (χ1n) is 13.2. The maximum Gasteiger partial charge on any atom is 0.251 e. The van der Waals surface area contributed by atoms with Gasteiger partial charge in [-0.3, -0.25) is 9.59 Å². The molecule has 0 saturated carbocycles. The lowest BCUT2D eigenvalue weighted by atomic mass is 9.96. The van der Waals surface area contributed by atoms with Crippen molar-refractivity contribution in [2.45, 2.75) is 39.3 Å². The first-order chi connectivity index (χ1) is 18.8. The maximum absolute atomic E-state index is 14.0. The van der Waals surface area contributed by atoms with Gasteiger partial charge in [-0.1, -0.05) is 48.5 Å². The highest BCUT2D eigenvalue weighted by atomic mass is 19.1. The van der Waals surface area contributed by atoms with Crippen molar-refractivity contribution in [1.29, 1.82) is 0 Å². The molecule has 5 rings (SSSR count). The van der Waals surface area contributed by atoms with Crippen LogP contribution in [0.3, 0.4) is 0 Å². The van der Waals surface area contributed by atoms with Gasteiger partial charge >= 0.3 is 0 Å². The van der Waals surface area contributed by atoms with E-state index in [9.17, 15) is 14.0 Å². The number of nitrogens with two attached hydrogens (primary N) is 1. The summed E-state index contributed by atoms with van der Waals surface area (Å²) >= 11 is 0. The van der Waals surface area contributed by atoms with Gasteiger partial charge in [-0.05, 0) is 96.5 Å². The molecule has 0 bridgehead atoms. The summed E-state index contributed by atoms with van der Waals surface area (Å²) in [5.74, 6) is -0.893. The summed E-state index contributed by atoms with van der Waals surface area (Å²) in [6.07, 6.45) is 1.89. The van der Waals surface area contributed by atoms with E-state index in [-0.39, 0.29) is 17.8 Å². The molecule has 1 atom stereocenters. The summed E-state index contributed by atoms with van der Waals surface area (Å²) in [5.41, 5.74) is 13.2. The molecule has 0 fully saturated rings. The number of hydrogen-bond acceptors (Lipinski definition) is 3. The van der Waals surface area contributed by atoms with Crippen LogP contribution in [-0.4, -0.2) is 18.4 Å². The zero-order valence-corrected chi connectivity index (χ0v) is 22.2. The Morgan fingerprint density at radius 3 is 2.62 bits per heavy atom. The summed E-state index contributed by atoms with van der Waals surface area (Å²) in [5, 5.41) is 3.00. The van der Waals surface area contributed by atoms with Gasteiger partial charge < -0.3 is 16.0 Å². The summed E-state index contributed by atoms with van der Waals surface area (Å²) in [4.78, 5) is 27.3. The Bertz CT molecular complexity index is 1550. The number of amides is 2. The van der Waals surface area contributed by atoms with Gasteiger partial charge in [0.2, 0.25) is 5.91 Å². The monoisotopic (exact) mass is 521 g/mol. The van der Waals surface area contributed by atoms with Gasteiger partial charge in [-0.15, -0.1) is 0 Å². The minimum Gasteiger partial charge on any atom is -0.367 e. The Balaban J connectivity index is 1.33. The number of nitrogens with zero attached hydrogens (tertiary/aromatic N) is 1. The van der Waals surface area contributed by atoms with Crippen molar-refractivity contribution >= 4 is 17.5 Å². The maximum atomic E-state index is 14.0. The zero-order valence-electron chi connectivity index (χ0n) is 22.2. The van der Waals surface area contributed by atoms with Crippen molar-refractivity contribution in [2.24, 2.45) is 5.73 Å². The zero-order chi connectivity index (χ0) is 27.5. The molecule has 3 N–H and O–H groups in total. The lowest BCUT2D eigenvalue weighted by Gasteiger charge is -2.32. The number of halogens is 1. The molecule has 0 unspecified atom stereocenters. The predicted octanol–water partition coefficient (Wildman–Crippen LogP) is 6.34. The third-order valence-corrected chi connectivity index (χ3v) is 7.40. The van der Waals surface area contributed by atoms with Crippen LogP contribution < -0.4 is 16.0 Å². The quantitative estimate of drug-likeness (QED) is 0.298. The van der Waals surface area contributed by atoms with Crippen molar-refractivity contribution in [2.75, 3.05) is 11.4 Å². The number of carbonyl (C=O) groups is 2. The van der Waals surface area contributed by atoms with E-state index in [1.54, 1.807) is 19.1 Å². The molecular formula is C33H32FN3O2. The molecule has 0 saturated heterocycles. The molecule has 5 nitrogen and oxygen atoms in total. The lowest BCUT2D eigenvalue weighted by molar-refractivity contribution is 0.0938. The van der Waals surface area contributed by atoms with Crippen LogP contribution in [0.4, 0.5) is 10.1 Å². The van der Waals surface area contributed by atoms with Gasteiger partial charge in [0.25, 0.3) is 5.91 Å². The normalized spacial score (nSPS) is 13.5. The van der Waals surface area contributed by atoms with Gasteiger partial charge in [0.1, 0.15) is 5.82 Å². The minimum absolute atomic E-state index is 0.177. The predicted molar refractivity (Wildman–Crippen MR) is 153 cm³/mol. The highest BCUT2D eigenvalue weighted by Gasteiger charge is 2.20. The van der Waals surface area contributed by atoms with E-state index in [0.717, 1.165) is 52.9 Å². The van der Waals surface area contributed by atoms with E-state index in [0.29, 0.717) is 23.2 Å². The second-order valence-electron chi connectivity index (χ2n) is 10.2. The Labute approximate surface area is 228 Å². The summed E-state index contributed by atoms with van der Waals surface area (Å²) in [6, 6.07) is 26.2. The van der Waals surface area contributed by atoms with Crippen molar-refractivity contribution in [3.63, 3.8) is 0 Å². The first-order valence-corrected chi connectivity index (χ1v) is 13.2. The van der Waals surface area contributed by atoms with E-state index >= 15 is 0 Å². The highest BCUT2D eigenvalue weighted by molar-refractivity contribution is 5.99. The lowest BCUT2D eigenvalue weighted by Crippen LogP contribution is -2.30. The minimum atomic E-state index is -0.443. The van der Waals surface area contributed by atoms with Crippen LogP contribution in [0.1, 0.15) is 62.4 Å². The van der Waals surface area contributed by atoms with Crippen molar-refractivity contribution in [3.05, 3.63) is 124 Å². The molecule has 198 valence electrons. The third kappa shape index (κ3) is 5.70. The molecule has 0 spiro atoms.